The van der Waals surface area contributed by atoms with Crippen LogP contribution < -0.4 is 12.4 Å². The fourth-order valence-electron chi connectivity index (χ4n) is 2.91. The summed E-state index contributed by atoms with van der Waals surface area (Å²) in [5.74, 6) is -0.537. The molecule has 0 aliphatic rings. The Hall–Kier alpha value is -1.84. The van der Waals surface area contributed by atoms with Gasteiger partial charge in [-0.25, -0.2) is 9.37 Å². The Balaban J connectivity index is 0.00000210. The number of fused-ring (bicyclic) bond motifs is 1. The molecule has 0 atom stereocenters. The summed E-state index contributed by atoms with van der Waals surface area (Å²) >= 11 is 18.3. The summed E-state index contributed by atoms with van der Waals surface area (Å²) in [4.78, 5) is 4.65. The van der Waals surface area contributed by atoms with E-state index in [0.29, 0.717) is 21.3 Å². The summed E-state index contributed by atoms with van der Waals surface area (Å²) in [6, 6.07) is 20.0. The Morgan fingerprint density at radius 2 is 1.48 bits per heavy atom. The fourth-order valence-corrected chi connectivity index (χ4v) is 3.56. The molecule has 1 heterocycles. The number of rotatable bonds is 2. The average molecular weight is 438 g/mol. The highest BCUT2D eigenvalue weighted by atomic mass is 35.5. The van der Waals surface area contributed by atoms with Gasteiger partial charge >= 0.3 is 0 Å². The fraction of sp³-hybridized carbons (Fsp3) is 0. The van der Waals surface area contributed by atoms with Gasteiger partial charge in [0.05, 0.1) is 21.3 Å². The van der Waals surface area contributed by atoms with Crippen molar-refractivity contribution in [2.75, 3.05) is 0 Å². The van der Waals surface area contributed by atoms with Crippen LogP contribution in [0.4, 0.5) is 4.39 Å². The predicted octanol–water partition coefficient (Wildman–Crippen LogP) is 4.67. The molecule has 6 heteroatoms. The topological polar surface area (TPSA) is 12.9 Å². The lowest BCUT2D eigenvalue weighted by Crippen LogP contribution is -3.00. The molecular weight excluding hydrogens is 427 g/mol. The molecule has 136 valence electrons. The van der Waals surface area contributed by atoms with Gasteiger partial charge in [0, 0.05) is 16.0 Å². The summed E-state index contributed by atoms with van der Waals surface area (Å²) < 4.78 is 14.0. The van der Waals surface area contributed by atoms with Crippen LogP contribution in [0.3, 0.4) is 0 Å². The zero-order valence-electron chi connectivity index (χ0n) is 13.7. The third-order valence-corrected chi connectivity index (χ3v) is 4.98. The SMILES string of the molecule is Fc1cc(-c2cc(-c3ccccc3)c3cc(Cl)ccc3n2)c(Cl)cc1Cl.[Cl-]. The van der Waals surface area contributed by atoms with E-state index in [2.05, 4.69) is 4.98 Å². The number of hydrogen-bond acceptors (Lipinski definition) is 1. The molecular formula is C21H11Cl4FN-. The van der Waals surface area contributed by atoms with Gasteiger partial charge in [0.2, 0.25) is 0 Å². The summed E-state index contributed by atoms with van der Waals surface area (Å²) in [6.07, 6.45) is 0. The lowest BCUT2D eigenvalue weighted by molar-refractivity contribution is -0.00000538. The lowest BCUT2D eigenvalue weighted by Gasteiger charge is -2.12. The van der Waals surface area contributed by atoms with E-state index in [1.54, 1.807) is 6.07 Å². The van der Waals surface area contributed by atoms with Crippen molar-refractivity contribution >= 4 is 45.7 Å². The van der Waals surface area contributed by atoms with Gasteiger partial charge in [0.1, 0.15) is 5.82 Å². The first-order valence-electron chi connectivity index (χ1n) is 7.83. The van der Waals surface area contributed by atoms with E-state index in [1.165, 1.54) is 12.1 Å². The van der Waals surface area contributed by atoms with Gasteiger partial charge in [-0.15, -0.1) is 0 Å². The van der Waals surface area contributed by atoms with E-state index in [-0.39, 0.29) is 17.4 Å². The number of nitrogens with zero attached hydrogens (tertiary/aromatic N) is 1. The standard InChI is InChI=1S/C21H11Cl3FN.ClH/c22-13-6-7-20-15(8-13)14(12-4-2-1-3-5-12)10-21(26-20)16-9-19(25)18(24)11-17(16)23;/h1-11H;1H/p-1. The van der Waals surface area contributed by atoms with Crippen molar-refractivity contribution in [2.24, 2.45) is 0 Å². The molecule has 4 aromatic rings. The molecule has 0 saturated heterocycles. The van der Waals surface area contributed by atoms with Crippen LogP contribution in [0.25, 0.3) is 33.3 Å². The Bertz CT molecular complexity index is 1130. The third-order valence-electron chi connectivity index (χ3n) is 4.14. The highest BCUT2D eigenvalue weighted by Crippen LogP contribution is 2.37. The number of pyridine rings is 1. The van der Waals surface area contributed by atoms with Gasteiger partial charge in [-0.2, -0.15) is 0 Å². The Kier molecular flexibility index (Phi) is 5.92. The minimum atomic E-state index is -0.537. The van der Waals surface area contributed by atoms with Crippen molar-refractivity contribution in [3.05, 3.63) is 87.6 Å². The van der Waals surface area contributed by atoms with E-state index < -0.39 is 5.82 Å². The van der Waals surface area contributed by atoms with Gasteiger partial charge in [-0.3, -0.25) is 0 Å². The maximum Gasteiger partial charge on any atom is 0.142 e. The zero-order valence-corrected chi connectivity index (χ0v) is 16.7. The van der Waals surface area contributed by atoms with Crippen molar-refractivity contribution in [1.82, 2.24) is 4.98 Å². The third kappa shape index (κ3) is 3.90. The second-order valence-corrected chi connectivity index (χ2v) is 7.08. The molecule has 0 saturated carbocycles. The Labute approximate surface area is 177 Å². The van der Waals surface area contributed by atoms with Gasteiger partial charge in [0.25, 0.3) is 0 Å². The van der Waals surface area contributed by atoms with E-state index in [4.69, 9.17) is 34.8 Å². The molecule has 0 unspecified atom stereocenters. The van der Waals surface area contributed by atoms with E-state index in [9.17, 15) is 4.39 Å². The van der Waals surface area contributed by atoms with Crippen LogP contribution in [0.2, 0.25) is 15.1 Å². The molecule has 0 radical (unpaired) electrons. The van der Waals surface area contributed by atoms with Crippen molar-refractivity contribution in [1.29, 1.82) is 0 Å². The summed E-state index contributed by atoms with van der Waals surface area (Å²) in [5, 5.41) is 1.86. The monoisotopic (exact) mass is 436 g/mol. The van der Waals surface area contributed by atoms with Crippen LogP contribution in [0, 0.1) is 5.82 Å². The van der Waals surface area contributed by atoms with E-state index in [0.717, 1.165) is 22.0 Å². The van der Waals surface area contributed by atoms with E-state index in [1.807, 2.05) is 48.5 Å². The first kappa shape index (κ1) is 19.9. The van der Waals surface area contributed by atoms with Crippen molar-refractivity contribution in [2.45, 2.75) is 0 Å². The molecule has 27 heavy (non-hydrogen) atoms. The molecule has 4 rings (SSSR count). The molecule has 1 aromatic heterocycles. The van der Waals surface area contributed by atoms with Crippen LogP contribution >= 0.6 is 34.8 Å². The van der Waals surface area contributed by atoms with Gasteiger partial charge in [-0.05, 0) is 47.5 Å². The zero-order chi connectivity index (χ0) is 18.3. The maximum atomic E-state index is 14.0. The van der Waals surface area contributed by atoms with Crippen LogP contribution in [-0.2, 0) is 0 Å². The first-order chi connectivity index (χ1) is 12.5. The highest BCUT2D eigenvalue weighted by molar-refractivity contribution is 6.36. The molecule has 0 spiro atoms. The minimum Gasteiger partial charge on any atom is -1.00 e. The molecule has 0 aliphatic carbocycles. The molecule has 3 aromatic carbocycles. The Morgan fingerprint density at radius 3 is 2.22 bits per heavy atom. The number of halogens is 5. The Morgan fingerprint density at radius 1 is 0.741 bits per heavy atom. The molecule has 0 aliphatic heterocycles. The van der Waals surface area contributed by atoms with Crippen LogP contribution in [0.1, 0.15) is 0 Å². The molecule has 0 fully saturated rings. The van der Waals surface area contributed by atoms with Crippen molar-refractivity contribution in [3.8, 4) is 22.4 Å². The number of aromatic nitrogens is 1. The van der Waals surface area contributed by atoms with Crippen LogP contribution in [-0.4, -0.2) is 4.98 Å². The minimum absolute atomic E-state index is 0. The van der Waals surface area contributed by atoms with Gasteiger partial charge < -0.3 is 12.4 Å². The van der Waals surface area contributed by atoms with Crippen molar-refractivity contribution in [3.63, 3.8) is 0 Å². The second kappa shape index (κ2) is 8.04. The smallest absolute Gasteiger partial charge is 0.142 e. The second-order valence-electron chi connectivity index (χ2n) is 5.83. The van der Waals surface area contributed by atoms with Crippen LogP contribution in [0.15, 0.2) is 66.7 Å². The predicted molar refractivity (Wildman–Crippen MR) is 108 cm³/mol. The lowest BCUT2D eigenvalue weighted by atomic mass is 9.98. The maximum absolute atomic E-state index is 14.0. The van der Waals surface area contributed by atoms with Crippen LogP contribution in [0.5, 0.6) is 0 Å². The van der Waals surface area contributed by atoms with Gasteiger partial charge in [0.15, 0.2) is 0 Å². The number of benzene rings is 3. The highest BCUT2D eigenvalue weighted by Gasteiger charge is 2.14. The first-order valence-corrected chi connectivity index (χ1v) is 8.97. The summed E-state index contributed by atoms with van der Waals surface area (Å²) in [6.45, 7) is 0. The quantitative estimate of drug-likeness (QED) is 0.415. The molecule has 1 nitrogen and oxygen atoms in total. The number of hydrogen-bond donors (Lipinski definition) is 0. The molecule has 0 N–H and O–H groups in total. The normalized spacial score (nSPS) is 10.7. The summed E-state index contributed by atoms with van der Waals surface area (Å²) in [5.41, 5.74) is 3.76. The average Bonchev–Trinajstić information content (AvgIpc) is 2.64. The van der Waals surface area contributed by atoms with Gasteiger partial charge in [-0.1, -0.05) is 65.1 Å². The molecule has 0 bridgehead atoms. The largest absolute Gasteiger partial charge is 1.00 e. The summed E-state index contributed by atoms with van der Waals surface area (Å²) in [7, 11) is 0. The van der Waals surface area contributed by atoms with E-state index >= 15 is 0 Å². The molecule has 0 amide bonds. The van der Waals surface area contributed by atoms with Crippen molar-refractivity contribution < 1.29 is 16.8 Å².